The third kappa shape index (κ3) is 11.8. The summed E-state index contributed by atoms with van der Waals surface area (Å²) < 4.78 is 11.1. The van der Waals surface area contributed by atoms with Gasteiger partial charge in [0, 0.05) is 6.42 Å². The molecule has 0 aliphatic carbocycles. The zero-order valence-corrected chi connectivity index (χ0v) is 28.9. The van der Waals surface area contributed by atoms with E-state index in [4.69, 9.17) is 9.47 Å². The first-order chi connectivity index (χ1) is 21.3. The van der Waals surface area contributed by atoms with Gasteiger partial charge in [-0.1, -0.05) is 79.9 Å². The van der Waals surface area contributed by atoms with Crippen molar-refractivity contribution >= 4 is 23.9 Å². The number of nitrogens with zero attached hydrogens (tertiary/aromatic N) is 2. The third-order valence-electron chi connectivity index (χ3n) is 7.09. The minimum absolute atomic E-state index is 0.142. The van der Waals surface area contributed by atoms with E-state index < -0.39 is 59.7 Å². The van der Waals surface area contributed by atoms with Crippen LogP contribution in [-0.2, 0) is 30.3 Å². The average Bonchev–Trinajstić information content (AvgIpc) is 2.92. The number of amides is 3. The van der Waals surface area contributed by atoms with Gasteiger partial charge in [0.25, 0.3) is 0 Å². The SMILES string of the molecule is CCC(C)C(NC(=O)OC(C)(C)C)C(=O)N(CC#N)C(C(=O)NC(Cc1ccccc1)C(=O)OC(C)(C)C)c1cc(C)cc(C)c1. The van der Waals surface area contributed by atoms with Gasteiger partial charge in [0.2, 0.25) is 11.8 Å². The van der Waals surface area contributed by atoms with Crippen molar-refractivity contribution in [3.05, 3.63) is 70.8 Å². The fourth-order valence-electron chi connectivity index (χ4n) is 4.98. The highest BCUT2D eigenvalue weighted by Crippen LogP contribution is 2.27. The number of alkyl carbamates (subject to hydrolysis) is 1. The van der Waals surface area contributed by atoms with Crippen LogP contribution in [0.4, 0.5) is 4.79 Å². The number of nitrogens with one attached hydrogen (secondary N) is 2. The molecule has 2 aromatic rings. The highest BCUT2D eigenvalue weighted by atomic mass is 16.6. The Morgan fingerprint density at radius 1 is 0.891 bits per heavy atom. The van der Waals surface area contributed by atoms with E-state index in [1.54, 1.807) is 60.6 Å². The zero-order chi connectivity index (χ0) is 34.8. The number of esters is 1. The topological polar surface area (TPSA) is 138 Å². The summed E-state index contributed by atoms with van der Waals surface area (Å²) in [5, 5.41) is 15.4. The predicted octanol–water partition coefficient (Wildman–Crippen LogP) is 5.71. The van der Waals surface area contributed by atoms with Crippen LogP contribution in [0.2, 0.25) is 0 Å². The summed E-state index contributed by atoms with van der Waals surface area (Å²) in [7, 11) is 0. The monoisotopic (exact) mass is 634 g/mol. The molecule has 3 amide bonds. The second-order valence-corrected chi connectivity index (χ2v) is 13.7. The Bertz CT molecular complexity index is 1380. The first kappa shape index (κ1) is 37.8. The number of carbonyl (C=O) groups excluding carboxylic acids is 4. The van der Waals surface area contributed by atoms with Crippen molar-refractivity contribution in [1.82, 2.24) is 15.5 Å². The van der Waals surface area contributed by atoms with Crippen LogP contribution in [0.1, 0.15) is 90.1 Å². The largest absolute Gasteiger partial charge is 0.458 e. The Kier molecular flexibility index (Phi) is 13.4. The number of hydrogen-bond donors (Lipinski definition) is 2. The van der Waals surface area contributed by atoms with Crippen molar-refractivity contribution in [2.75, 3.05) is 6.54 Å². The summed E-state index contributed by atoms with van der Waals surface area (Å²) in [6.07, 6.45) is -0.128. The summed E-state index contributed by atoms with van der Waals surface area (Å²) in [6, 6.07) is 13.2. The maximum absolute atomic E-state index is 14.4. The highest BCUT2D eigenvalue weighted by molar-refractivity contribution is 5.94. The van der Waals surface area contributed by atoms with Crippen molar-refractivity contribution in [2.45, 2.75) is 111 Å². The van der Waals surface area contributed by atoms with Crippen LogP contribution in [0.3, 0.4) is 0 Å². The maximum atomic E-state index is 14.4. The van der Waals surface area contributed by atoms with E-state index >= 15 is 0 Å². The second-order valence-electron chi connectivity index (χ2n) is 13.7. The van der Waals surface area contributed by atoms with Gasteiger partial charge in [-0.2, -0.15) is 5.26 Å². The fraction of sp³-hybridized carbons (Fsp3) is 0.528. The summed E-state index contributed by atoms with van der Waals surface area (Å²) in [5.74, 6) is -2.29. The Morgan fingerprint density at radius 2 is 1.46 bits per heavy atom. The van der Waals surface area contributed by atoms with Crippen molar-refractivity contribution in [1.29, 1.82) is 5.26 Å². The van der Waals surface area contributed by atoms with Crippen LogP contribution in [0.25, 0.3) is 0 Å². The number of nitriles is 1. The Morgan fingerprint density at radius 3 is 1.96 bits per heavy atom. The number of ether oxygens (including phenoxy) is 2. The molecular formula is C36H50N4O6. The second kappa shape index (κ2) is 16.3. The van der Waals surface area contributed by atoms with Gasteiger partial charge < -0.3 is 25.0 Å². The summed E-state index contributed by atoms with van der Waals surface area (Å²) in [4.78, 5) is 56.2. The summed E-state index contributed by atoms with van der Waals surface area (Å²) >= 11 is 0. The van der Waals surface area contributed by atoms with Crippen LogP contribution in [0.15, 0.2) is 48.5 Å². The lowest BCUT2D eigenvalue weighted by atomic mass is 9.94. The van der Waals surface area contributed by atoms with E-state index in [0.29, 0.717) is 12.0 Å². The first-order valence-corrected chi connectivity index (χ1v) is 15.7. The number of benzene rings is 2. The van der Waals surface area contributed by atoms with Crippen molar-refractivity contribution in [2.24, 2.45) is 5.92 Å². The minimum Gasteiger partial charge on any atom is -0.458 e. The molecule has 0 bridgehead atoms. The lowest BCUT2D eigenvalue weighted by Gasteiger charge is -2.35. The van der Waals surface area contributed by atoms with Crippen molar-refractivity contribution in [3.8, 4) is 6.07 Å². The van der Waals surface area contributed by atoms with Gasteiger partial charge in [-0.05, 0) is 72.4 Å². The molecule has 0 radical (unpaired) electrons. The van der Waals surface area contributed by atoms with Gasteiger partial charge in [0.05, 0.1) is 6.07 Å². The van der Waals surface area contributed by atoms with Gasteiger partial charge in [0.1, 0.15) is 35.9 Å². The first-order valence-electron chi connectivity index (χ1n) is 15.7. The van der Waals surface area contributed by atoms with Crippen molar-refractivity contribution < 1.29 is 28.7 Å². The van der Waals surface area contributed by atoms with E-state index in [1.165, 1.54) is 0 Å². The molecule has 46 heavy (non-hydrogen) atoms. The molecular weight excluding hydrogens is 584 g/mol. The molecule has 0 aliphatic rings. The Hall–Kier alpha value is -4.39. The molecule has 0 aromatic heterocycles. The normalized spacial score (nSPS) is 14.1. The molecule has 10 nitrogen and oxygen atoms in total. The average molecular weight is 635 g/mol. The molecule has 2 aromatic carbocycles. The van der Waals surface area contributed by atoms with E-state index in [9.17, 15) is 24.4 Å². The van der Waals surface area contributed by atoms with Gasteiger partial charge in [-0.25, -0.2) is 9.59 Å². The Labute approximate surface area is 273 Å². The van der Waals surface area contributed by atoms with Gasteiger partial charge in [0.15, 0.2) is 0 Å². The molecule has 2 N–H and O–H groups in total. The molecule has 0 fully saturated rings. The van der Waals surface area contributed by atoms with Gasteiger partial charge >= 0.3 is 12.1 Å². The molecule has 0 aliphatic heterocycles. The lowest BCUT2D eigenvalue weighted by molar-refractivity contribution is -0.159. The molecule has 4 unspecified atom stereocenters. The maximum Gasteiger partial charge on any atom is 0.408 e. The van der Waals surface area contributed by atoms with E-state index in [0.717, 1.165) is 21.6 Å². The smallest absolute Gasteiger partial charge is 0.408 e. The van der Waals surface area contributed by atoms with Gasteiger partial charge in [-0.3, -0.25) is 9.59 Å². The molecule has 0 heterocycles. The van der Waals surface area contributed by atoms with Crippen LogP contribution in [-0.4, -0.2) is 58.6 Å². The Balaban J connectivity index is 2.65. The number of aryl methyl sites for hydroxylation is 2. The summed E-state index contributed by atoms with van der Waals surface area (Å²) in [6.45, 7) is 17.3. The van der Waals surface area contributed by atoms with Crippen LogP contribution in [0.5, 0.6) is 0 Å². The third-order valence-corrected chi connectivity index (χ3v) is 7.09. The molecule has 0 saturated carbocycles. The summed E-state index contributed by atoms with van der Waals surface area (Å²) in [5.41, 5.74) is 1.32. The molecule has 10 heteroatoms. The molecule has 250 valence electrons. The lowest BCUT2D eigenvalue weighted by Crippen LogP contribution is -2.56. The fourth-order valence-corrected chi connectivity index (χ4v) is 4.98. The molecule has 0 saturated heterocycles. The van der Waals surface area contributed by atoms with E-state index in [2.05, 4.69) is 10.6 Å². The predicted molar refractivity (Wildman–Crippen MR) is 177 cm³/mol. The van der Waals surface area contributed by atoms with Crippen LogP contribution in [0, 0.1) is 31.1 Å². The van der Waals surface area contributed by atoms with E-state index in [-0.39, 0.29) is 12.3 Å². The number of carbonyl (C=O) groups is 4. The van der Waals surface area contributed by atoms with Crippen LogP contribution < -0.4 is 10.6 Å². The highest BCUT2D eigenvalue weighted by Gasteiger charge is 2.40. The van der Waals surface area contributed by atoms with E-state index in [1.807, 2.05) is 63.2 Å². The quantitative estimate of drug-likeness (QED) is 0.226. The number of hydrogen-bond acceptors (Lipinski definition) is 7. The van der Waals surface area contributed by atoms with Gasteiger partial charge in [-0.15, -0.1) is 0 Å². The standard InChI is InChI=1S/C36H50N4O6/c1-11-25(4)29(39-34(44)46-36(8,9)10)32(42)40(18-17-37)30(27-20-23(2)19-24(3)21-27)31(41)38-28(33(43)45-35(5,6)7)22-26-15-13-12-14-16-26/h12-16,19-21,25,28-30H,11,18,22H2,1-10H3,(H,38,41)(H,39,44). The molecule has 0 spiro atoms. The minimum atomic E-state index is -1.31. The molecule has 4 atom stereocenters. The zero-order valence-electron chi connectivity index (χ0n) is 28.9. The van der Waals surface area contributed by atoms with Crippen LogP contribution >= 0.6 is 0 Å². The van der Waals surface area contributed by atoms with Crippen molar-refractivity contribution in [3.63, 3.8) is 0 Å². The molecule has 2 rings (SSSR count). The number of rotatable bonds is 12.